The van der Waals surface area contributed by atoms with Gasteiger partial charge in [-0.15, -0.1) is 0 Å². The monoisotopic (exact) mass is 286 g/mol. The number of anilines is 2. The average molecular weight is 286 g/mol. The minimum absolute atomic E-state index is 0.133. The van der Waals surface area contributed by atoms with Crippen molar-refractivity contribution in [2.45, 2.75) is 6.54 Å². The molecule has 0 bridgehead atoms. The van der Waals surface area contributed by atoms with Crippen LogP contribution in [0.1, 0.15) is 5.56 Å². The largest absolute Gasteiger partial charge is 0.496 e. The van der Waals surface area contributed by atoms with Gasteiger partial charge in [-0.1, -0.05) is 30.3 Å². The summed E-state index contributed by atoms with van der Waals surface area (Å²) in [5, 5.41) is 9.13. The van der Waals surface area contributed by atoms with Crippen LogP contribution in [-0.2, 0) is 11.3 Å². The van der Waals surface area contributed by atoms with Crippen molar-refractivity contribution in [1.29, 1.82) is 0 Å². The fraction of sp³-hybridized carbons (Fsp3) is 0.188. The first-order chi connectivity index (χ1) is 10.1. The highest BCUT2D eigenvalue weighted by molar-refractivity contribution is 5.77. The molecule has 0 aliphatic rings. The number of hydrogen-bond donors (Lipinski definition) is 2. The van der Waals surface area contributed by atoms with Gasteiger partial charge >= 0.3 is 5.97 Å². The molecule has 0 aliphatic heterocycles. The molecule has 0 spiro atoms. The number of nitrogen functional groups attached to an aromatic ring is 1. The van der Waals surface area contributed by atoms with Crippen LogP contribution < -0.4 is 15.4 Å². The maximum absolute atomic E-state index is 11.1. The lowest BCUT2D eigenvalue weighted by atomic mass is 10.1. The maximum Gasteiger partial charge on any atom is 0.323 e. The zero-order valence-electron chi connectivity index (χ0n) is 11.8. The minimum atomic E-state index is -0.909. The smallest absolute Gasteiger partial charge is 0.323 e. The predicted octanol–water partition coefficient (Wildman–Crippen LogP) is 2.37. The maximum atomic E-state index is 11.1. The van der Waals surface area contributed by atoms with Crippen LogP contribution in [0.15, 0.2) is 48.5 Å². The lowest BCUT2D eigenvalue weighted by Gasteiger charge is -2.25. The second kappa shape index (κ2) is 6.65. The SMILES string of the molecule is COc1ccccc1CN(CC(=O)O)c1ccccc1N. The number of benzene rings is 2. The topological polar surface area (TPSA) is 75.8 Å². The van der Waals surface area contributed by atoms with Crippen molar-refractivity contribution in [1.82, 2.24) is 0 Å². The van der Waals surface area contributed by atoms with Crippen molar-refractivity contribution in [2.24, 2.45) is 0 Å². The number of methoxy groups -OCH3 is 1. The zero-order valence-corrected chi connectivity index (χ0v) is 11.8. The summed E-state index contributed by atoms with van der Waals surface area (Å²) in [4.78, 5) is 12.8. The van der Waals surface area contributed by atoms with Gasteiger partial charge in [-0.2, -0.15) is 0 Å². The Balaban J connectivity index is 2.33. The van der Waals surface area contributed by atoms with Gasteiger partial charge in [0.15, 0.2) is 0 Å². The van der Waals surface area contributed by atoms with Gasteiger partial charge in [0.2, 0.25) is 0 Å². The molecule has 0 saturated carbocycles. The van der Waals surface area contributed by atoms with E-state index in [9.17, 15) is 4.79 Å². The van der Waals surface area contributed by atoms with E-state index >= 15 is 0 Å². The Kier molecular flexibility index (Phi) is 4.66. The predicted molar refractivity (Wildman–Crippen MR) is 82.5 cm³/mol. The molecule has 0 radical (unpaired) electrons. The molecule has 0 aromatic heterocycles. The van der Waals surface area contributed by atoms with Crippen molar-refractivity contribution >= 4 is 17.3 Å². The van der Waals surface area contributed by atoms with Gasteiger partial charge in [-0.05, 0) is 18.2 Å². The van der Waals surface area contributed by atoms with Crippen molar-refractivity contribution in [2.75, 3.05) is 24.3 Å². The number of nitrogens with zero attached hydrogens (tertiary/aromatic N) is 1. The van der Waals surface area contributed by atoms with Crippen LogP contribution in [-0.4, -0.2) is 24.7 Å². The summed E-state index contributed by atoms with van der Waals surface area (Å²) in [6, 6.07) is 14.8. The molecule has 21 heavy (non-hydrogen) atoms. The summed E-state index contributed by atoms with van der Waals surface area (Å²) in [6.45, 7) is 0.275. The van der Waals surface area contributed by atoms with Gasteiger partial charge < -0.3 is 20.5 Å². The van der Waals surface area contributed by atoms with Crippen LogP contribution >= 0.6 is 0 Å². The van der Waals surface area contributed by atoms with E-state index in [4.69, 9.17) is 15.6 Å². The standard InChI is InChI=1S/C16H18N2O3/c1-21-15-9-5-2-6-12(15)10-18(11-16(19)20)14-8-4-3-7-13(14)17/h2-9H,10-11,17H2,1H3,(H,19,20). The van der Waals surface area contributed by atoms with E-state index in [0.29, 0.717) is 17.9 Å². The average Bonchev–Trinajstić information content (AvgIpc) is 2.47. The normalized spacial score (nSPS) is 10.1. The molecule has 0 saturated heterocycles. The Morgan fingerprint density at radius 2 is 1.86 bits per heavy atom. The number of ether oxygens (including phenoxy) is 1. The number of aliphatic carboxylic acids is 1. The Bertz CT molecular complexity index is 628. The third kappa shape index (κ3) is 3.66. The van der Waals surface area contributed by atoms with Crippen molar-refractivity contribution in [3.05, 3.63) is 54.1 Å². The molecule has 0 fully saturated rings. The Morgan fingerprint density at radius 1 is 1.19 bits per heavy atom. The van der Waals surface area contributed by atoms with Gasteiger partial charge in [0.1, 0.15) is 12.3 Å². The number of para-hydroxylation sites is 3. The van der Waals surface area contributed by atoms with Crippen molar-refractivity contribution < 1.29 is 14.6 Å². The fourth-order valence-electron chi connectivity index (χ4n) is 2.20. The molecule has 3 N–H and O–H groups in total. The van der Waals surface area contributed by atoms with Crippen LogP contribution in [0.3, 0.4) is 0 Å². The lowest BCUT2D eigenvalue weighted by Crippen LogP contribution is -2.30. The van der Waals surface area contributed by atoms with E-state index in [1.54, 1.807) is 18.1 Å². The summed E-state index contributed by atoms with van der Waals surface area (Å²) in [5.41, 5.74) is 8.11. The van der Waals surface area contributed by atoms with E-state index in [1.807, 2.05) is 42.5 Å². The van der Waals surface area contributed by atoms with Crippen LogP contribution in [0.5, 0.6) is 5.75 Å². The molecular formula is C16H18N2O3. The summed E-state index contributed by atoms with van der Waals surface area (Å²) in [7, 11) is 1.59. The summed E-state index contributed by atoms with van der Waals surface area (Å²) < 4.78 is 5.31. The zero-order chi connectivity index (χ0) is 15.2. The highest BCUT2D eigenvalue weighted by atomic mass is 16.5. The molecule has 5 nitrogen and oxygen atoms in total. The fourth-order valence-corrected chi connectivity index (χ4v) is 2.20. The molecule has 110 valence electrons. The quantitative estimate of drug-likeness (QED) is 0.797. The van der Waals surface area contributed by atoms with Crippen molar-refractivity contribution in [3.63, 3.8) is 0 Å². The number of nitrogens with two attached hydrogens (primary N) is 1. The number of rotatable bonds is 6. The van der Waals surface area contributed by atoms with E-state index in [0.717, 1.165) is 11.3 Å². The molecule has 2 aromatic rings. The summed E-state index contributed by atoms with van der Waals surface area (Å²) in [5.74, 6) is -0.185. The molecule has 0 amide bonds. The van der Waals surface area contributed by atoms with Gasteiger partial charge in [-0.25, -0.2) is 0 Å². The number of carboxylic acids is 1. The summed E-state index contributed by atoms with van der Waals surface area (Å²) >= 11 is 0. The third-order valence-electron chi connectivity index (χ3n) is 3.16. The first-order valence-corrected chi connectivity index (χ1v) is 6.55. The number of hydrogen-bond acceptors (Lipinski definition) is 4. The molecule has 0 aliphatic carbocycles. The van der Waals surface area contributed by atoms with Gasteiger partial charge in [0.05, 0.1) is 18.5 Å². The summed E-state index contributed by atoms with van der Waals surface area (Å²) in [6.07, 6.45) is 0. The molecule has 2 rings (SSSR count). The molecule has 0 heterocycles. The Hall–Kier alpha value is -2.69. The third-order valence-corrected chi connectivity index (χ3v) is 3.16. The number of carboxylic acid groups (broad SMARTS) is 1. The first-order valence-electron chi connectivity index (χ1n) is 6.55. The van der Waals surface area contributed by atoms with Gasteiger partial charge in [0.25, 0.3) is 0 Å². The van der Waals surface area contributed by atoms with Crippen LogP contribution in [0.2, 0.25) is 0 Å². The second-order valence-corrected chi connectivity index (χ2v) is 4.62. The van der Waals surface area contributed by atoms with Gasteiger partial charge in [0, 0.05) is 12.1 Å². The second-order valence-electron chi connectivity index (χ2n) is 4.62. The van der Waals surface area contributed by atoms with E-state index in [2.05, 4.69) is 0 Å². The molecule has 2 aromatic carbocycles. The number of carbonyl (C=O) groups is 1. The van der Waals surface area contributed by atoms with Crippen LogP contribution in [0.4, 0.5) is 11.4 Å². The molecule has 5 heteroatoms. The minimum Gasteiger partial charge on any atom is -0.496 e. The highest BCUT2D eigenvalue weighted by Gasteiger charge is 2.15. The Morgan fingerprint density at radius 3 is 2.52 bits per heavy atom. The van der Waals surface area contributed by atoms with Gasteiger partial charge in [-0.3, -0.25) is 4.79 Å². The first kappa shape index (κ1) is 14.7. The van der Waals surface area contributed by atoms with Crippen LogP contribution in [0.25, 0.3) is 0 Å². The van der Waals surface area contributed by atoms with E-state index < -0.39 is 5.97 Å². The van der Waals surface area contributed by atoms with E-state index in [-0.39, 0.29) is 6.54 Å². The van der Waals surface area contributed by atoms with Crippen LogP contribution in [0, 0.1) is 0 Å². The Labute approximate surface area is 123 Å². The molecule has 0 atom stereocenters. The highest BCUT2D eigenvalue weighted by Crippen LogP contribution is 2.27. The van der Waals surface area contributed by atoms with E-state index in [1.165, 1.54) is 0 Å². The molecular weight excluding hydrogens is 268 g/mol. The lowest BCUT2D eigenvalue weighted by molar-refractivity contribution is -0.135. The molecule has 0 unspecified atom stereocenters. The van der Waals surface area contributed by atoms with Crippen molar-refractivity contribution in [3.8, 4) is 5.75 Å².